The van der Waals surface area contributed by atoms with Gasteiger partial charge in [0.25, 0.3) is 10.0 Å². The highest BCUT2D eigenvalue weighted by Crippen LogP contribution is 2.60. The van der Waals surface area contributed by atoms with Crippen molar-refractivity contribution in [2.75, 3.05) is 18.4 Å². The first kappa shape index (κ1) is 30.9. The van der Waals surface area contributed by atoms with Crippen LogP contribution in [-0.2, 0) is 14.8 Å². The third-order valence-corrected chi connectivity index (χ3v) is 9.64. The highest BCUT2D eigenvalue weighted by atomic mass is 32.2. The minimum Gasteiger partial charge on any atom is -0.476 e. The number of carbonyl (C=O) groups is 1. The average molecular weight is 607 g/mol. The van der Waals surface area contributed by atoms with Crippen LogP contribution < -0.4 is 14.8 Å². The summed E-state index contributed by atoms with van der Waals surface area (Å²) in [6, 6.07) is 14.0. The standard InChI is InChI=1S/C33H42N4O5S/c1-21-9-7-10-22(2)29(21)27-16-28(42-20-25(17-32(3,4)5)34-24-18-33(19-24)13-14-33)36-31(35-27)37-43(39,40)26-12-8-11-23(15-26)30(38)41-6/h7-12,15-16,24-25,34H,13-14,17-20H2,1-6H3,(H,35,36,37)/t25-/m1/s1. The number of carbonyl (C=O) groups excluding carboxylic acids is 1. The number of esters is 1. The quantitative estimate of drug-likeness (QED) is 0.253. The molecule has 0 saturated heterocycles. The van der Waals surface area contributed by atoms with E-state index in [9.17, 15) is 13.2 Å². The summed E-state index contributed by atoms with van der Waals surface area (Å²) in [6.45, 7) is 11.0. The van der Waals surface area contributed by atoms with Crippen LogP contribution in [0, 0.1) is 24.7 Å². The minimum absolute atomic E-state index is 0.0939. The Morgan fingerprint density at radius 1 is 1.05 bits per heavy atom. The summed E-state index contributed by atoms with van der Waals surface area (Å²) >= 11 is 0. The lowest BCUT2D eigenvalue weighted by Gasteiger charge is -2.40. The van der Waals surface area contributed by atoms with Gasteiger partial charge < -0.3 is 14.8 Å². The maximum atomic E-state index is 13.4. The highest BCUT2D eigenvalue weighted by Gasteiger charge is 2.53. The van der Waals surface area contributed by atoms with Gasteiger partial charge in [0, 0.05) is 23.7 Å². The van der Waals surface area contributed by atoms with Crippen LogP contribution in [0.15, 0.2) is 53.4 Å². The maximum absolute atomic E-state index is 13.4. The number of rotatable bonds is 11. The molecular weight excluding hydrogens is 564 g/mol. The van der Waals surface area contributed by atoms with Crippen LogP contribution in [0.3, 0.4) is 0 Å². The fourth-order valence-electron chi connectivity index (χ4n) is 6.09. The van der Waals surface area contributed by atoms with E-state index in [1.807, 2.05) is 32.0 Å². The molecule has 2 N–H and O–H groups in total. The number of anilines is 1. The van der Waals surface area contributed by atoms with E-state index >= 15 is 0 Å². The Bertz CT molecular complexity index is 1580. The van der Waals surface area contributed by atoms with Crippen LogP contribution in [0.1, 0.15) is 74.4 Å². The van der Waals surface area contributed by atoms with E-state index in [1.165, 1.54) is 57.1 Å². The zero-order valence-corrected chi connectivity index (χ0v) is 26.7. The summed E-state index contributed by atoms with van der Waals surface area (Å²) in [5.41, 5.74) is 4.24. The topological polar surface area (TPSA) is 120 Å². The monoisotopic (exact) mass is 606 g/mol. The summed E-state index contributed by atoms with van der Waals surface area (Å²) in [6.07, 6.45) is 6.06. The smallest absolute Gasteiger partial charge is 0.337 e. The third-order valence-electron chi connectivity index (χ3n) is 8.31. The number of aromatic nitrogens is 2. The molecule has 5 rings (SSSR count). The van der Waals surface area contributed by atoms with Crippen LogP contribution in [0.5, 0.6) is 5.88 Å². The first-order valence-electron chi connectivity index (χ1n) is 14.8. The Morgan fingerprint density at radius 2 is 1.72 bits per heavy atom. The maximum Gasteiger partial charge on any atom is 0.337 e. The van der Waals surface area contributed by atoms with Gasteiger partial charge in [-0.05, 0) is 86.1 Å². The number of methoxy groups -OCH3 is 1. The van der Waals surface area contributed by atoms with E-state index in [0.717, 1.165) is 23.1 Å². The van der Waals surface area contributed by atoms with Crippen LogP contribution in [0.25, 0.3) is 11.3 Å². The molecule has 2 aliphatic carbocycles. The molecule has 2 aliphatic rings. The van der Waals surface area contributed by atoms with Crippen molar-refractivity contribution in [1.82, 2.24) is 15.3 Å². The van der Waals surface area contributed by atoms with Crippen molar-refractivity contribution in [2.45, 2.75) is 83.7 Å². The zero-order valence-electron chi connectivity index (χ0n) is 25.9. The van der Waals surface area contributed by atoms with Crippen molar-refractivity contribution in [3.63, 3.8) is 0 Å². The molecular formula is C33H42N4O5S. The lowest BCUT2D eigenvalue weighted by molar-refractivity contribution is 0.0600. The fraction of sp³-hybridized carbons (Fsp3) is 0.485. The molecule has 1 atom stereocenters. The van der Waals surface area contributed by atoms with Crippen molar-refractivity contribution in [3.8, 4) is 17.1 Å². The second-order valence-corrected chi connectivity index (χ2v) is 15.0. The summed E-state index contributed by atoms with van der Waals surface area (Å²) in [7, 11) is -2.89. The molecule has 0 radical (unpaired) electrons. The molecule has 2 aromatic carbocycles. The normalized spacial score (nSPS) is 16.8. The number of sulfonamides is 1. The lowest BCUT2D eigenvalue weighted by atomic mass is 9.76. The van der Waals surface area contributed by atoms with Gasteiger partial charge in [-0.25, -0.2) is 22.9 Å². The van der Waals surface area contributed by atoms with E-state index in [0.29, 0.717) is 23.8 Å². The number of benzene rings is 2. The molecule has 0 unspecified atom stereocenters. The zero-order chi connectivity index (χ0) is 31.0. The fourth-order valence-corrected chi connectivity index (χ4v) is 7.08. The summed E-state index contributed by atoms with van der Waals surface area (Å²) in [4.78, 5) is 21.0. The Kier molecular flexibility index (Phi) is 8.55. The van der Waals surface area contributed by atoms with Gasteiger partial charge in [-0.1, -0.05) is 45.0 Å². The molecule has 9 nitrogen and oxygen atoms in total. The predicted molar refractivity (Wildman–Crippen MR) is 167 cm³/mol. The first-order chi connectivity index (χ1) is 20.3. The number of hydrogen-bond acceptors (Lipinski definition) is 8. The number of nitrogens with one attached hydrogen (secondary N) is 2. The molecule has 0 bridgehead atoms. The summed E-state index contributed by atoms with van der Waals surface area (Å²) in [5.74, 6) is -0.469. The van der Waals surface area contributed by atoms with Gasteiger partial charge in [-0.2, -0.15) is 4.98 Å². The molecule has 230 valence electrons. The molecule has 2 fully saturated rings. The molecule has 10 heteroatoms. The minimum atomic E-state index is -4.14. The van der Waals surface area contributed by atoms with Crippen molar-refractivity contribution in [2.24, 2.45) is 10.8 Å². The molecule has 1 spiro atoms. The molecule has 3 aromatic rings. The molecule has 0 amide bonds. The van der Waals surface area contributed by atoms with Crippen molar-refractivity contribution in [3.05, 3.63) is 65.2 Å². The summed E-state index contributed by atoms with van der Waals surface area (Å²) < 4.78 is 40.4. The van der Waals surface area contributed by atoms with E-state index in [2.05, 4.69) is 40.8 Å². The Labute approximate surface area is 254 Å². The van der Waals surface area contributed by atoms with Crippen LogP contribution in [-0.4, -0.2) is 50.2 Å². The first-order valence-corrected chi connectivity index (χ1v) is 16.3. The van der Waals surface area contributed by atoms with Crippen molar-refractivity contribution in [1.29, 1.82) is 0 Å². The van der Waals surface area contributed by atoms with Gasteiger partial charge in [0.15, 0.2) is 0 Å². The average Bonchev–Trinajstić information content (AvgIpc) is 3.71. The van der Waals surface area contributed by atoms with Crippen molar-refractivity contribution >= 4 is 21.9 Å². The molecule has 0 aliphatic heterocycles. The Hall–Kier alpha value is -3.50. The van der Waals surface area contributed by atoms with Gasteiger partial charge in [0.05, 0.1) is 23.3 Å². The van der Waals surface area contributed by atoms with Gasteiger partial charge in [-0.3, -0.25) is 0 Å². The van der Waals surface area contributed by atoms with Gasteiger partial charge in [-0.15, -0.1) is 0 Å². The van der Waals surface area contributed by atoms with E-state index in [4.69, 9.17) is 9.47 Å². The van der Waals surface area contributed by atoms with Crippen LogP contribution >= 0.6 is 0 Å². The second-order valence-electron chi connectivity index (χ2n) is 13.4. The van der Waals surface area contributed by atoms with E-state index in [-0.39, 0.29) is 33.7 Å². The van der Waals surface area contributed by atoms with Crippen molar-refractivity contribution < 1.29 is 22.7 Å². The van der Waals surface area contributed by atoms with E-state index in [1.54, 1.807) is 6.07 Å². The molecule has 2 saturated carbocycles. The van der Waals surface area contributed by atoms with Gasteiger partial charge in [0.2, 0.25) is 11.8 Å². The Morgan fingerprint density at radius 3 is 2.35 bits per heavy atom. The summed E-state index contributed by atoms with van der Waals surface area (Å²) in [5, 5.41) is 3.82. The van der Waals surface area contributed by atoms with Gasteiger partial charge in [0.1, 0.15) is 6.61 Å². The number of nitrogens with zero attached hydrogens (tertiary/aromatic N) is 2. The predicted octanol–water partition coefficient (Wildman–Crippen LogP) is 6.06. The number of aryl methyl sites for hydroxylation is 2. The van der Waals surface area contributed by atoms with E-state index < -0.39 is 16.0 Å². The third kappa shape index (κ3) is 7.54. The highest BCUT2D eigenvalue weighted by molar-refractivity contribution is 7.92. The van der Waals surface area contributed by atoms with Crippen LogP contribution in [0.4, 0.5) is 5.95 Å². The number of hydrogen-bond donors (Lipinski definition) is 2. The SMILES string of the molecule is COC(=O)c1cccc(S(=O)(=O)Nc2nc(OC[C@@H](CC(C)(C)C)NC3CC4(CC4)C3)cc(-c3c(C)cccc3C)n2)c1. The van der Waals surface area contributed by atoms with Crippen LogP contribution in [0.2, 0.25) is 0 Å². The largest absolute Gasteiger partial charge is 0.476 e. The Balaban J connectivity index is 1.43. The van der Waals surface area contributed by atoms with Gasteiger partial charge >= 0.3 is 5.97 Å². The second kappa shape index (κ2) is 11.9. The molecule has 1 heterocycles. The molecule has 43 heavy (non-hydrogen) atoms. The molecule has 1 aromatic heterocycles. The lowest BCUT2D eigenvalue weighted by Crippen LogP contribution is -2.50. The number of ether oxygens (including phenoxy) is 2.